The van der Waals surface area contributed by atoms with Crippen molar-refractivity contribution in [1.82, 2.24) is 10.3 Å². The summed E-state index contributed by atoms with van der Waals surface area (Å²) >= 11 is 0. The van der Waals surface area contributed by atoms with Crippen LogP contribution in [-0.4, -0.2) is 54.1 Å². The van der Waals surface area contributed by atoms with Gasteiger partial charge in [-0.2, -0.15) is 0 Å². The average Bonchev–Trinajstić information content (AvgIpc) is 2.45. The fraction of sp³-hybridized carbons (Fsp3) is 0.462. The molecule has 0 bridgehead atoms. The van der Waals surface area contributed by atoms with Crippen molar-refractivity contribution < 1.29 is 14.7 Å². The van der Waals surface area contributed by atoms with Gasteiger partial charge in [-0.1, -0.05) is 21.6 Å². The molecule has 0 aliphatic rings. The lowest BCUT2D eigenvalue weighted by Crippen LogP contribution is -2.25. The van der Waals surface area contributed by atoms with Crippen molar-refractivity contribution in [2.45, 2.75) is 6.42 Å². The van der Waals surface area contributed by atoms with Crippen molar-refractivity contribution >= 4 is 39.3 Å². The van der Waals surface area contributed by atoms with Crippen molar-refractivity contribution in [3.8, 4) is 0 Å². The van der Waals surface area contributed by atoms with E-state index in [1.54, 1.807) is 29.1 Å². The van der Waals surface area contributed by atoms with E-state index in [-0.39, 0.29) is 12.3 Å². The summed E-state index contributed by atoms with van der Waals surface area (Å²) in [4.78, 5) is 28.2. The van der Waals surface area contributed by atoms with Crippen molar-refractivity contribution in [3.63, 3.8) is 0 Å². The zero-order chi connectivity index (χ0) is 15.7. The first kappa shape index (κ1) is 17.6. The zero-order valence-corrected chi connectivity index (χ0v) is 13.7. The Labute approximate surface area is 132 Å². The first-order valence-electron chi connectivity index (χ1n) is 6.38. The first-order valence-corrected chi connectivity index (χ1v) is 8.87. The third kappa shape index (κ3) is 7.24. The maximum Gasteiger partial charge on any atom is 0.304 e. The number of hydrogen-bond donors (Lipinski definition) is 2. The molecule has 21 heavy (non-hydrogen) atoms. The van der Waals surface area contributed by atoms with E-state index >= 15 is 0 Å². The fourth-order valence-electron chi connectivity index (χ4n) is 1.34. The molecule has 116 valence electrons. The molecule has 0 fully saturated rings. The summed E-state index contributed by atoms with van der Waals surface area (Å²) < 4.78 is 0. The van der Waals surface area contributed by atoms with Crippen LogP contribution >= 0.6 is 21.6 Å². The van der Waals surface area contributed by atoms with Gasteiger partial charge in [0.15, 0.2) is 0 Å². The lowest BCUT2D eigenvalue weighted by molar-refractivity contribution is -0.136. The van der Waals surface area contributed by atoms with Crippen LogP contribution in [0.2, 0.25) is 0 Å². The number of anilines is 1. The van der Waals surface area contributed by atoms with Crippen molar-refractivity contribution in [2.24, 2.45) is 0 Å². The second-order valence-electron chi connectivity index (χ2n) is 4.34. The second kappa shape index (κ2) is 9.51. The summed E-state index contributed by atoms with van der Waals surface area (Å²) in [5.74, 6) is 1.18. The average molecular weight is 329 g/mol. The summed E-state index contributed by atoms with van der Waals surface area (Å²) in [6.07, 6.45) is 1.72. The molecule has 1 amide bonds. The van der Waals surface area contributed by atoms with E-state index in [1.165, 1.54) is 10.8 Å². The Hall–Kier alpha value is -1.41. The monoisotopic (exact) mass is 329 g/mol. The van der Waals surface area contributed by atoms with Gasteiger partial charge in [0.25, 0.3) is 5.91 Å². The Morgan fingerprint density at radius 2 is 2.00 bits per heavy atom. The van der Waals surface area contributed by atoms with Gasteiger partial charge in [-0.3, -0.25) is 9.59 Å². The molecular weight excluding hydrogens is 310 g/mol. The van der Waals surface area contributed by atoms with E-state index in [0.717, 1.165) is 11.6 Å². The molecule has 1 heterocycles. The number of nitrogens with one attached hydrogen (secondary N) is 1. The van der Waals surface area contributed by atoms with Gasteiger partial charge in [-0.15, -0.1) is 0 Å². The van der Waals surface area contributed by atoms with Gasteiger partial charge in [0.1, 0.15) is 5.82 Å². The first-order chi connectivity index (χ1) is 10.0. The number of amides is 1. The van der Waals surface area contributed by atoms with E-state index in [2.05, 4.69) is 10.3 Å². The standard InChI is InChI=1S/C13H19N3O3S2/c1-16(2)11-4-3-10(9-15-11)13(19)14-6-8-21-20-7-5-12(17)18/h3-4,9H,5-8H2,1-2H3,(H,14,19)(H,17,18). The minimum atomic E-state index is -0.787. The van der Waals surface area contributed by atoms with Crippen LogP contribution in [0.5, 0.6) is 0 Å². The summed E-state index contributed by atoms with van der Waals surface area (Å²) in [5, 5.41) is 11.3. The van der Waals surface area contributed by atoms with Gasteiger partial charge in [-0.05, 0) is 12.1 Å². The number of aromatic nitrogens is 1. The Bertz CT molecular complexity index is 466. The van der Waals surface area contributed by atoms with Crippen LogP contribution in [0.1, 0.15) is 16.8 Å². The molecule has 0 radical (unpaired) electrons. The van der Waals surface area contributed by atoms with E-state index < -0.39 is 5.97 Å². The molecule has 2 N–H and O–H groups in total. The molecule has 0 saturated carbocycles. The highest BCUT2D eigenvalue weighted by atomic mass is 33.1. The highest BCUT2D eigenvalue weighted by Gasteiger charge is 2.06. The molecule has 1 rings (SSSR count). The number of hydrogen-bond acceptors (Lipinski definition) is 6. The van der Waals surface area contributed by atoms with Crippen molar-refractivity contribution in [3.05, 3.63) is 23.9 Å². The summed E-state index contributed by atoms with van der Waals surface area (Å²) in [5.41, 5.74) is 0.532. The van der Waals surface area contributed by atoms with Crippen molar-refractivity contribution in [2.75, 3.05) is 37.0 Å². The van der Waals surface area contributed by atoms with Gasteiger partial charge in [-0.25, -0.2) is 4.98 Å². The van der Waals surface area contributed by atoms with Crippen LogP contribution in [0.4, 0.5) is 5.82 Å². The number of rotatable bonds is 9. The maximum absolute atomic E-state index is 11.8. The molecule has 0 saturated heterocycles. The lowest BCUT2D eigenvalue weighted by atomic mass is 10.2. The summed E-state index contributed by atoms with van der Waals surface area (Å²) in [6, 6.07) is 3.54. The Morgan fingerprint density at radius 1 is 1.29 bits per heavy atom. The third-order valence-electron chi connectivity index (χ3n) is 2.42. The molecular formula is C13H19N3O3S2. The molecule has 0 aromatic carbocycles. The predicted octanol–water partition coefficient (Wildman–Crippen LogP) is 1.73. The van der Waals surface area contributed by atoms with Crippen LogP contribution in [0.25, 0.3) is 0 Å². The molecule has 0 unspecified atom stereocenters. The number of carboxylic acid groups (broad SMARTS) is 1. The minimum Gasteiger partial charge on any atom is -0.481 e. The maximum atomic E-state index is 11.8. The van der Waals surface area contributed by atoms with Gasteiger partial charge in [0.2, 0.25) is 0 Å². The fourth-order valence-corrected chi connectivity index (χ4v) is 3.23. The SMILES string of the molecule is CN(C)c1ccc(C(=O)NCCSSCCC(=O)O)cn1. The molecule has 1 aromatic heterocycles. The number of carbonyl (C=O) groups is 2. The van der Waals surface area contributed by atoms with Crippen LogP contribution in [0, 0.1) is 0 Å². The van der Waals surface area contributed by atoms with Gasteiger partial charge in [0.05, 0.1) is 12.0 Å². The molecule has 0 spiro atoms. The molecule has 0 atom stereocenters. The van der Waals surface area contributed by atoms with Gasteiger partial charge >= 0.3 is 5.97 Å². The summed E-state index contributed by atoms with van der Waals surface area (Å²) in [6.45, 7) is 0.541. The zero-order valence-electron chi connectivity index (χ0n) is 12.0. The molecule has 6 nitrogen and oxygen atoms in total. The quantitative estimate of drug-likeness (QED) is 0.527. The van der Waals surface area contributed by atoms with Crippen LogP contribution in [0.15, 0.2) is 18.3 Å². The number of carbonyl (C=O) groups excluding carboxylic acids is 1. The van der Waals surface area contributed by atoms with Gasteiger partial charge in [0, 0.05) is 38.3 Å². The van der Waals surface area contributed by atoms with E-state index in [9.17, 15) is 9.59 Å². The Morgan fingerprint density at radius 3 is 2.57 bits per heavy atom. The van der Waals surface area contributed by atoms with E-state index in [1.807, 2.05) is 19.0 Å². The predicted molar refractivity (Wildman–Crippen MR) is 88.1 cm³/mol. The smallest absolute Gasteiger partial charge is 0.304 e. The van der Waals surface area contributed by atoms with Crippen LogP contribution in [-0.2, 0) is 4.79 Å². The van der Waals surface area contributed by atoms with Crippen LogP contribution in [0.3, 0.4) is 0 Å². The molecule has 8 heteroatoms. The number of carboxylic acids is 1. The highest BCUT2D eigenvalue weighted by molar-refractivity contribution is 8.76. The van der Waals surface area contributed by atoms with Gasteiger partial charge < -0.3 is 15.3 Å². The van der Waals surface area contributed by atoms with E-state index in [4.69, 9.17) is 5.11 Å². The van der Waals surface area contributed by atoms with E-state index in [0.29, 0.717) is 17.9 Å². The molecule has 0 aliphatic heterocycles. The van der Waals surface area contributed by atoms with Crippen molar-refractivity contribution in [1.29, 1.82) is 0 Å². The largest absolute Gasteiger partial charge is 0.481 e. The lowest BCUT2D eigenvalue weighted by Gasteiger charge is -2.11. The highest BCUT2D eigenvalue weighted by Crippen LogP contribution is 2.20. The molecule has 0 aliphatic carbocycles. The van der Waals surface area contributed by atoms with Crippen LogP contribution < -0.4 is 10.2 Å². The number of aliphatic carboxylic acids is 1. The molecule has 1 aromatic rings. The second-order valence-corrected chi connectivity index (χ2v) is 7.05. The summed E-state index contributed by atoms with van der Waals surface area (Å²) in [7, 11) is 6.84. The number of nitrogens with zero attached hydrogens (tertiary/aromatic N) is 2. The number of pyridine rings is 1. The Kier molecular flexibility index (Phi) is 7.99. The minimum absolute atomic E-state index is 0.149. The topological polar surface area (TPSA) is 82.5 Å². The third-order valence-corrected chi connectivity index (χ3v) is 4.83. The normalized spacial score (nSPS) is 10.2. The Balaban J connectivity index is 2.20.